The predicted molar refractivity (Wildman–Crippen MR) is 94.2 cm³/mol. The third kappa shape index (κ3) is 8.88. The normalized spacial score (nSPS) is 11.2. The number of esters is 1. The van der Waals surface area contributed by atoms with Crippen LogP contribution in [0.25, 0.3) is 0 Å². The fraction of sp³-hybridized carbons (Fsp3) is 0.333. The smallest absolute Gasteiger partial charge is 0.326 e. The lowest BCUT2D eigenvalue weighted by molar-refractivity contribution is -0.140. The van der Waals surface area contributed by atoms with Crippen molar-refractivity contribution in [1.82, 2.24) is 10.6 Å². The van der Waals surface area contributed by atoms with E-state index >= 15 is 0 Å². The minimum Gasteiger partial charge on any atom is -0.481 e. The fourth-order valence-corrected chi connectivity index (χ4v) is 2.24. The van der Waals surface area contributed by atoms with E-state index in [9.17, 15) is 19.2 Å². The predicted octanol–water partition coefficient (Wildman–Crippen LogP) is 1.20. The van der Waals surface area contributed by atoms with Crippen LogP contribution in [0.5, 0.6) is 5.75 Å². The van der Waals surface area contributed by atoms with Gasteiger partial charge in [-0.15, -0.1) is 0 Å². The number of carboxylic acids is 2. The zero-order valence-corrected chi connectivity index (χ0v) is 15.2. The van der Waals surface area contributed by atoms with Gasteiger partial charge in [0.05, 0.1) is 6.42 Å². The first-order valence-corrected chi connectivity index (χ1v) is 8.31. The highest BCUT2D eigenvalue weighted by Crippen LogP contribution is 2.15. The zero-order valence-electron chi connectivity index (χ0n) is 13.0. The second-order valence-electron chi connectivity index (χ2n) is 4.90. The molecule has 136 valence electrons. The molecule has 0 fully saturated rings. The molecule has 0 saturated carbocycles. The van der Waals surface area contributed by atoms with Gasteiger partial charge in [-0.3, -0.25) is 9.59 Å². The van der Waals surface area contributed by atoms with E-state index in [4.69, 9.17) is 14.9 Å². The Kier molecular flexibility index (Phi) is 8.67. The van der Waals surface area contributed by atoms with Crippen molar-refractivity contribution in [2.45, 2.75) is 25.3 Å². The Labute approximate surface area is 156 Å². The number of nitrogens with one attached hydrogen (secondary N) is 2. The molecule has 0 aromatic heterocycles. The maximum atomic E-state index is 11.8. The Hall–Kier alpha value is -2.37. The summed E-state index contributed by atoms with van der Waals surface area (Å²) in [5.41, 5.74) is 0. The summed E-state index contributed by atoms with van der Waals surface area (Å²) in [5.74, 6) is -2.67. The third-order valence-electron chi connectivity index (χ3n) is 2.89. The second-order valence-corrected chi connectivity index (χ2v) is 6.15. The summed E-state index contributed by atoms with van der Waals surface area (Å²) in [6.07, 6.45) is -0.657. The van der Waals surface area contributed by atoms with Crippen LogP contribution in [0.3, 0.4) is 0 Å². The van der Waals surface area contributed by atoms with Crippen molar-refractivity contribution in [3.63, 3.8) is 0 Å². The summed E-state index contributed by atoms with van der Waals surface area (Å²) < 4.78 is 5.97. The molecule has 0 saturated heterocycles. The molecule has 1 atom stereocenters. The largest absolute Gasteiger partial charge is 0.481 e. The van der Waals surface area contributed by atoms with Crippen LogP contribution in [0.4, 0.5) is 4.79 Å². The van der Waals surface area contributed by atoms with E-state index < -0.39 is 30.0 Å². The number of amides is 2. The van der Waals surface area contributed by atoms with E-state index in [1.54, 1.807) is 18.2 Å². The number of carbonyl (C=O) groups is 4. The van der Waals surface area contributed by atoms with Gasteiger partial charge < -0.3 is 25.6 Å². The monoisotopic (exact) mass is 464 g/mol. The van der Waals surface area contributed by atoms with Crippen LogP contribution in [0.2, 0.25) is 0 Å². The van der Waals surface area contributed by atoms with E-state index in [2.05, 4.69) is 33.2 Å². The summed E-state index contributed by atoms with van der Waals surface area (Å²) >= 11 is 2.06. The van der Waals surface area contributed by atoms with Gasteiger partial charge >= 0.3 is 23.9 Å². The number of aliphatic carboxylic acids is 2. The van der Waals surface area contributed by atoms with Gasteiger partial charge in [0, 0.05) is 16.5 Å². The minimum absolute atomic E-state index is 0.137. The average molecular weight is 464 g/mol. The molecule has 0 radical (unpaired) electrons. The molecule has 25 heavy (non-hydrogen) atoms. The van der Waals surface area contributed by atoms with E-state index in [-0.39, 0.29) is 25.8 Å². The SMILES string of the molecule is O=C(O)CCNC(=O)N[C@@H](CCC(=O)Oc1cccc(I)c1)C(=O)O. The maximum Gasteiger partial charge on any atom is 0.326 e. The van der Waals surface area contributed by atoms with Crippen molar-refractivity contribution in [2.24, 2.45) is 0 Å². The van der Waals surface area contributed by atoms with Crippen molar-refractivity contribution in [3.05, 3.63) is 27.8 Å². The van der Waals surface area contributed by atoms with Crippen LogP contribution in [-0.4, -0.2) is 46.7 Å². The molecule has 1 aromatic carbocycles. The molecular formula is C15H17IN2O7. The number of urea groups is 1. The van der Waals surface area contributed by atoms with Gasteiger partial charge in [-0.25, -0.2) is 9.59 Å². The van der Waals surface area contributed by atoms with Crippen molar-refractivity contribution in [1.29, 1.82) is 0 Å². The fourth-order valence-electron chi connectivity index (χ4n) is 1.72. The number of hydrogen-bond acceptors (Lipinski definition) is 5. The summed E-state index contributed by atoms with van der Waals surface area (Å²) in [4.78, 5) is 44.8. The highest BCUT2D eigenvalue weighted by Gasteiger charge is 2.21. The molecule has 4 N–H and O–H groups in total. The van der Waals surface area contributed by atoms with Crippen LogP contribution in [0.1, 0.15) is 19.3 Å². The molecule has 1 aromatic rings. The number of halogens is 1. The van der Waals surface area contributed by atoms with Gasteiger partial charge in [-0.05, 0) is 47.2 Å². The molecule has 0 unspecified atom stereocenters. The quantitative estimate of drug-likeness (QED) is 0.245. The standard InChI is InChI=1S/C15H17IN2O7/c16-9-2-1-3-10(8-9)25-13(21)5-4-11(14(22)23)18-15(24)17-7-6-12(19)20/h1-3,8,11H,4-7H2,(H,19,20)(H,22,23)(H2,17,18,24)/t11-/m0/s1. The maximum absolute atomic E-state index is 11.8. The van der Waals surface area contributed by atoms with E-state index in [0.717, 1.165) is 3.57 Å². The van der Waals surface area contributed by atoms with Crippen LogP contribution in [-0.2, 0) is 14.4 Å². The number of benzene rings is 1. The summed E-state index contributed by atoms with van der Waals surface area (Å²) in [7, 11) is 0. The van der Waals surface area contributed by atoms with Crippen molar-refractivity contribution < 1.29 is 34.1 Å². The van der Waals surface area contributed by atoms with E-state index in [1.165, 1.54) is 0 Å². The van der Waals surface area contributed by atoms with Crippen LogP contribution in [0, 0.1) is 3.57 Å². The topological polar surface area (TPSA) is 142 Å². The lowest BCUT2D eigenvalue weighted by Crippen LogP contribution is -2.46. The molecule has 9 nitrogen and oxygen atoms in total. The number of ether oxygens (including phenoxy) is 1. The molecule has 2 amide bonds. The first-order chi connectivity index (χ1) is 11.8. The van der Waals surface area contributed by atoms with Crippen LogP contribution >= 0.6 is 22.6 Å². The van der Waals surface area contributed by atoms with E-state index in [0.29, 0.717) is 5.75 Å². The lowest BCUT2D eigenvalue weighted by atomic mass is 10.1. The number of hydrogen-bond donors (Lipinski definition) is 4. The summed E-state index contributed by atoms with van der Waals surface area (Å²) in [6, 6.07) is 4.68. The lowest BCUT2D eigenvalue weighted by Gasteiger charge is -2.14. The number of carboxylic acid groups (broad SMARTS) is 2. The highest BCUT2D eigenvalue weighted by atomic mass is 127. The van der Waals surface area contributed by atoms with Crippen molar-refractivity contribution in [3.8, 4) is 5.75 Å². The zero-order chi connectivity index (χ0) is 18.8. The van der Waals surface area contributed by atoms with Gasteiger partial charge in [-0.2, -0.15) is 0 Å². The Morgan fingerprint density at radius 2 is 1.88 bits per heavy atom. The molecule has 0 spiro atoms. The van der Waals surface area contributed by atoms with Gasteiger partial charge in [0.15, 0.2) is 0 Å². The highest BCUT2D eigenvalue weighted by molar-refractivity contribution is 14.1. The number of carbonyl (C=O) groups excluding carboxylic acids is 2. The van der Waals surface area contributed by atoms with Gasteiger partial charge in [-0.1, -0.05) is 6.07 Å². The average Bonchev–Trinajstić information content (AvgIpc) is 2.50. The first kappa shape index (κ1) is 20.7. The Bertz CT molecular complexity index is 651. The number of rotatable bonds is 9. The summed E-state index contributed by atoms with van der Waals surface area (Å²) in [5, 5.41) is 21.9. The van der Waals surface area contributed by atoms with Gasteiger partial charge in [0.2, 0.25) is 0 Å². The van der Waals surface area contributed by atoms with E-state index in [1.807, 2.05) is 6.07 Å². The van der Waals surface area contributed by atoms with Crippen molar-refractivity contribution >= 4 is 46.5 Å². The Morgan fingerprint density at radius 3 is 2.48 bits per heavy atom. The molecule has 0 aliphatic rings. The van der Waals surface area contributed by atoms with Crippen LogP contribution < -0.4 is 15.4 Å². The summed E-state index contributed by atoms with van der Waals surface area (Å²) in [6.45, 7) is -0.137. The third-order valence-corrected chi connectivity index (χ3v) is 3.56. The van der Waals surface area contributed by atoms with Crippen LogP contribution in [0.15, 0.2) is 24.3 Å². The van der Waals surface area contributed by atoms with Crippen molar-refractivity contribution in [2.75, 3.05) is 6.54 Å². The first-order valence-electron chi connectivity index (χ1n) is 7.23. The molecule has 0 heterocycles. The van der Waals surface area contributed by atoms with Gasteiger partial charge in [0.1, 0.15) is 11.8 Å². The molecule has 1 rings (SSSR count). The Morgan fingerprint density at radius 1 is 1.16 bits per heavy atom. The Balaban J connectivity index is 2.44. The second kappa shape index (κ2) is 10.5. The minimum atomic E-state index is -1.31. The molecule has 0 aliphatic heterocycles. The van der Waals surface area contributed by atoms with Gasteiger partial charge in [0.25, 0.3) is 0 Å². The molecular weight excluding hydrogens is 447 g/mol. The molecule has 0 bridgehead atoms. The molecule has 0 aliphatic carbocycles. The molecule has 10 heteroatoms.